The van der Waals surface area contributed by atoms with Crippen LogP contribution in [-0.2, 0) is 9.53 Å². The highest BCUT2D eigenvalue weighted by Crippen LogP contribution is 2.25. The van der Waals surface area contributed by atoms with Crippen LogP contribution in [0.5, 0.6) is 0 Å². The fourth-order valence-electron chi connectivity index (χ4n) is 4.73. The molecule has 1 aliphatic heterocycles. The van der Waals surface area contributed by atoms with Gasteiger partial charge in [0.15, 0.2) is 0 Å². The monoisotopic (exact) mass is 464 g/mol. The Morgan fingerprint density at radius 2 is 1.29 bits per heavy atom. The Morgan fingerprint density at radius 3 is 1.85 bits per heavy atom. The number of piperazine rings is 1. The first-order chi connectivity index (χ1) is 16.8. The molecule has 1 heterocycles. The average Bonchev–Trinajstić information content (AvgIpc) is 2.89. The summed E-state index contributed by atoms with van der Waals surface area (Å²) < 4.78 is 6.38. The quantitative estimate of drug-likeness (QED) is 0.283. The molecule has 2 aromatic rings. The van der Waals surface area contributed by atoms with Gasteiger partial charge in [-0.3, -0.25) is 9.69 Å². The average molecular weight is 465 g/mol. The van der Waals surface area contributed by atoms with Crippen LogP contribution in [-0.4, -0.2) is 55.0 Å². The molecule has 0 spiro atoms. The summed E-state index contributed by atoms with van der Waals surface area (Å²) in [5.74, 6) is 0.343. The number of carbonyl (C=O) groups is 1. The molecule has 1 fully saturated rings. The predicted molar refractivity (Wildman–Crippen MR) is 141 cm³/mol. The molecule has 0 bridgehead atoms. The summed E-state index contributed by atoms with van der Waals surface area (Å²) in [6.45, 7) is 7.40. The summed E-state index contributed by atoms with van der Waals surface area (Å²) in [6, 6.07) is 20.9. The first-order valence-electron chi connectivity index (χ1n) is 13.5. The summed E-state index contributed by atoms with van der Waals surface area (Å²) in [6.07, 6.45) is 10.9. The molecule has 3 rings (SSSR count). The van der Waals surface area contributed by atoms with Crippen molar-refractivity contribution in [3.63, 3.8) is 0 Å². The third kappa shape index (κ3) is 9.23. The maximum atomic E-state index is 12.6. The summed E-state index contributed by atoms with van der Waals surface area (Å²) >= 11 is 0. The fraction of sp³-hybridized carbons (Fsp3) is 0.567. The van der Waals surface area contributed by atoms with Crippen LogP contribution < -0.4 is 0 Å². The number of nitrogens with zero attached hydrogens (tertiary/aromatic N) is 2. The Balaban J connectivity index is 1.32. The second-order valence-electron chi connectivity index (χ2n) is 9.52. The standard InChI is InChI=1S/C30H44N2O2/c1-2-3-4-5-6-7-8-15-20-29(33)32-23-21-31(22-24-32)25-26-34-30(27-16-11-9-12-17-27)28-18-13-10-14-19-28/h9-14,16-19,30H,2-8,15,20-26H2,1H3. The number of benzene rings is 2. The molecule has 4 heteroatoms. The van der Waals surface area contributed by atoms with Crippen molar-refractivity contribution >= 4 is 5.91 Å². The summed E-state index contributed by atoms with van der Waals surface area (Å²) in [4.78, 5) is 17.1. The van der Waals surface area contributed by atoms with Crippen LogP contribution in [0.4, 0.5) is 0 Å². The summed E-state index contributed by atoms with van der Waals surface area (Å²) in [5.41, 5.74) is 2.37. The number of amides is 1. The largest absolute Gasteiger partial charge is 0.367 e. The van der Waals surface area contributed by atoms with Gasteiger partial charge in [-0.15, -0.1) is 0 Å². The van der Waals surface area contributed by atoms with Gasteiger partial charge in [-0.05, 0) is 17.5 Å². The Labute approximate surface area is 207 Å². The van der Waals surface area contributed by atoms with Crippen LogP contribution in [0.1, 0.15) is 81.9 Å². The van der Waals surface area contributed by atoms with Gasteiger partial charge in [-0.2, -0.15) is 0 Å². The topological polar surface area (TPSA) is 32.8 Å². The number of unbranched alkanes of at least 4 members (excludes halogenated alkanes) is 7. The van der Waals surface area contributed by atoms with Crippen molar-refractivity contribution in [1.82, 2.24) is 9.80 Å². The molecule has 0 unspecified atom stereocenters. The van der Waals surface area contributed by atoms with E-state index in [0.29, 0.717) is 18.9 Å². The Morgan fingerprint density at radius 1 is 0.765 bits per heavy atom. The van der Waals surface area contributed by atoms with Crippen molar-refractivity contribution in [2.24, 2.45) is 0 Å². The Kier molecular flexibility index (Phi) is 12.2. The van der Waals surface area contributed by atoms with Crippen LogP contribution >= 0.6 is 0 Å². The van der Waals surface area contributed by atoms with Crippen LogP contribution in [0.15, 0.2) is 60.7 Å². The number of hydrogen-bond donors (Lipinski definition) is 0. The molecule has 1 amide bonds. The van der Waals surface area contributed by atoms with Gasteiger partial charge < -0.3 is 9.64 Å². The summed E-state index contributed by atoms with van der Waals surface area (Å²) in [5, 5.41) is 0. The molecule has 1 aliphatic rings. The van der Waals surface area contributed by atoms with Gasteiger partial charge in [0.25, 0.3) is 0 Å². The zero-order valence-electron chi connectivity index (χ0n) is 21.2. The van der Waals surface area contributed by atoms with Crippen LogP contribution in [0.2, 0.25) is 0 Å². The molecule has 0 aromatic heterocycles. The van der Waals surface area contributed by atoms with Crippen LogP contribution in [0, 0.1) is 0 Å². The number of carbonyl (C=O) groups excluding carboxylic acids is 1. The second-order valence-corrected chi connectivity index (χ2v) is 9.52. The van der Waals surface area contributed by atoms with E-state index >= 15 is 0 Å². The minimum atomic E-state index is -0.0445. The zero-order valence-corrected chi connectivity index (χ0v) is 21.2. The van der Waals surface area contributed by atoms with E-state index in [-0.39, 0.29) is 6.10 Å². The van der Waals surface area contributed by atoms with E-state index in [2.05, 4.69) is 65.3 Å². The number of ether oxygens (including phenoxy) is 1. The van der Waals surface area contributed by atoms with E-state index in [0.717, 1.165) is 39.1 Å². The van der Waals surface area contributed by atoms with E-state index in [1.165, 1.54) is 56.1 Å². The lowest BCUT2D eigenvalue weighted by Crippen LogP contribution is -2.49. The van der Waals surface area contributed by atoms with Gasteiger partial charge in [-0.1, -0.05) is 113 Å². The van der Waals surface area contributed by atoms with Crippen molar-refractivity contribution < 1.29 is 9.53 Å². The normalized spacial score (nSPS) is 14.6. The van der Waals surface area contributed by atoms with Crippen molar-refractivity contribution in [2.45, 2.75) is 70.8 Å². The lowest BCUT2D eigenvalue weighted by Gasteiger charge is -2.35. The smallest absolute Gasteiger partial charge is 0.222 e. The fourth-order valence-corrected chi connectivity index (χ4v) is 4.73. The highest BCUT2D eigenvalue weighted by molar-refractivity contribution is 5.76. The second kappa shape index (κ2) is 15.7. The van der Waals surface area contributed by atoms with Gasteiger partial charge in [0.1, 0.15) is 6.10 Å². The third-order valence-electron chi connectivity index (χ3n) is 6.87. The molecule has 2 aromatic carbocycles. The first-order valence-corrected chi connectivity index (χ1v) is 13.5. The molecule has 0 aliphatic carbocycles. The van der Waals surface area contributed by atoms with Crippen LogP contribution in [0.25, 0.3) is 0 Å². The molecule has 34 heavy (non-hydrogen) atoms. The van der Waals surface area contributed by atoms with Gasteiger partial charge in [0.05, 0.1) is 6.61 Å². The van der Waals surface area contributed by atoms with Gasteiger partial charge in [0.2, 0.25) is 5.91 Å². The third-order valence-corrected chi connectivity index (χ3v) is 6.87. The van der Waals surface area contributed by atoms with E-state index in [1.54, 1.807) is 0 Å². The van der Waals surface area contributed by atoms with Gasteiger partial charge >= 0.3 is 0 Å². The maximum absolute atomic E-state index is 12.6. The molecular weight excluding hydrogens is 420 g/mol. The van der Waals surface area contributed by atoms with E-state index in [9.17, 15) is 4.79 Å². The van der Waals surface area contributed by atoms with Crippen molar-refractivity contribution in [3.8, 4) is 0 Å². The zero-order chi connectivity index (χ0) is 23.8. The molecule has 0 atom stereocenters. The highest BCUT2D eigenvalue weighted by Gasteiger charge is 2.21. The Bertz CT molecular complexity index is 748. The molecule has 0 saturated carbocycles. The molecular formula is C30H44N2O2. The molecule has 186 valence electrons. The maximum Gasteiger partial charge on any atom is 0.222 e. The van der Waals surface area contributed by atoms with E-state index in [4.69, 9.17) is 4.74 Å². The lowest BCUT2D eigenvalue weighted by molar-refractivity contribution is -0.133. The van der Waals surface area contributed by atoms with Crippen molar-refractivity contribution in [1.29, 1.82) is 0 Å². The predicted octanol–water partition coefficient (Wildman–Crippen LogP) is 6.47. The summed E-state index contributed by atoms with van der Waals surface area (Å²) in [7, 11) is 0. The molecule has 1 saturated heterocycles. The Hall–Kier alpha value is -2.17. The molecule has 0 N–H and O–H groups in total. The van der Waals surface area contributed by atoms with E-state index < -0.39 is 0 Å². The molecule has 4 nitrogen and oxygen atoms in total. The van der Waals surface area contributed by atoms with Gasteiger partial charge in [-0.25, -0.2) is 0 Å². The van der Waals surface area contributed by atoms with E-state index in [1.807, 2.05) is 12.1 Å². The first kappa shape index (κ1) is 26.4. The number of hydrogen-bond acceptors (Lipinski definition) is 3. The minimum absolute atomic E-state index is 0.0445. The minimum Gasteiger partial charge on any atom is -0.367 e. The van der Waals surface area contributed by atoms with Crippen molar-refractivity contribution in [2.75, 3.05) is 39.3 Å². The molecule has 0 radical (unpaired) electrons. The van der Waals surface area contributed by atoms with Crippen LogP contribution in [0.3, 0.4) is 0 Å². The highest BCUT2D eigenvalue weighted by atomic mass is 16.5. The van der Waals surface area contributed by atoms with Gasteiger partial charge in [0, 0.05) is 39.1 Å². The van der Waals surface area contributed by atoms with Crippen molar-refractivity contribution in [3.05, 3.63) is 71.8 Å². The lowest BCUT2D eigenvalue weighted by atomic mass is 10.0. The number of rotatable bonds is 15. The SMILES string of the molecule is CCCCCCCCCCC(=O)N1CCN(CCOC(c2ccccc2)c2ccccc2)CC1.